The van der Waals surface area contributed by atoms with Crippen LogP contribution in [0.15, 0.2) is 34.2 Å². The van der Waals surface area contributed by atoms with Gasteiger partial charge in [0.15, 0.2) is 11.5 Å². The summed E-state index contributed by atoms with van der Waals surface area (Å²) in [6.45, 7) is 2.12. The SMILES string of the molecule is CCCc1cc(C(=O)OCc2cc(-c3cccs3)on2)n[nH]1. The fourth-order valence-corrected chi connectivity index (χ4v) is 2.66. The number of ether oxygens (including phenoxy) is 1. The van der Waals surface area contributed by atoms with Gasteiger partial charge >= 0.3 is 5.97 Å². The van der Waals surface area contributed by atoms with Crippen molar-refractivity contribution in [3.8, 4) is 10.6 Å². The highest BCUT2D eigenvalue weighted by Gasteiger charge is 2.14. The first kappa shape index (κ1) is 14.5. The lowest BCUT2D eigenvalue weighted by Gasteiger charge is -1.98. The van der Waals surface area contributed by atoms with Crippen LogP contribution in [-0.2, 0) is 17.8 Å². The fourth-order valence-electron chi connectivity index (χ4n) is 1.99. The Morgan fingerprint density at radius 3 is 3.14 bits per heavy atom. The fraction of sp³-hybridized carbons (Fsp3) is 0.267. The Morgan fingerprint density at radius 2 is 2.36 bits per heavy atom. The van der Waals surface area contributed by atoms with E-state index in [-0.39, 0.29) is 12.3 Å². The number of hydrogen-bond acceptors (Lipinski definition) is 6. The van der Waals surface area contributed by atoms with E-state index in [2.05, 4.69) is 22.3 Å². The van der Waals surface area contributed by atoms with Gasteiger partial charge in [0.05, 0.1) is 4.88 Å². The molecule has 3 rings (SSSR count). The van der Waals surface area contributed by atoms with Crippen molar-refractivity contribution < 1.29 is 14.1 Å². The molecule has 0 fully saturated rings. The number of esters is 1. The van der Waals surface area contributed by atoms with Gasteiger partial charge in [-0.3, -0.25) is 5.10 Å². The number of aromatic nitrogens is 3. The maximum atomic E-state index is 11.9. The molecule has 0 amide bonds. The lowest BCUT2D eigenvalue weighted by molar-refractivity contribution is 0.0457. The lowest BCUT2D eigenvalue weighted by Crippen LogP contribution is -2.05. The zero-order chi connectivity index (χ0) is 15.4. The molecule has 0 radical (unpaired) electrons. The minimum absolute atomic E-state index is 0.0592. The van der Waals surface area contributed by atoms with Gasteiger partial charge in [0, 0.05) is 11.8 Å². The first-order valence-corrected chi connectivity index (χ1v) is 7.85. The summed E-state index contributed by atoms with van der Waals surface area (Å²) in [6, 6.07) is 7.37. The van der Waals surface area contributed by atoms with Gasteiger partial charge in [0.1, 0.15) is 12.3 Å². The van der Waals surface area contributed by atoms with Crippen LogP contribution < -0.4 is 0 Å². The molecule has 0 aliphatic carbocycles. The van der Waals surface area contributed by atoms with Gasteiger partial charge in [0.2, 0.25) is 0 Å². The van der Waals surface area contributed by atoms with Crippen molar-refractivity contribution in [3.05, 3.63) is 46.7 Å². The number of nitrogens with zero attached hydrogens (tertiary/aromatic N) is 2. The van der Waals surface area contributed by atoms with Gasteiger partial charge in [-0.2, -0.15) is 5.10 Å². The van der Waals surface area contributed by atoms with Gasteiger partial charge in [-0.05, 0) is 23.9 Å². The third-order valence-electron chi connectivity index (χ3n) is 3.03. The Labute approximate surface area is 131 Å². The standard InChI is InChI=1S/C15H15N3O3S/c1-2-4-10-7-12(17-16-10)15(19)20-9-11-8-13(21-18-11)14-5-3-6-22-14/h3,5-8H,2,4,9H2,1H3,(H,16,17). The van der Waals surface area contributed by atoms with Crippen LogP contribution in [0.4, 0.5) is 0 Å². The Hall–Kier alpha value is -2.41. The van der Waals surface area contributed by atoms with E-state index < -0.39 is 5.97 Å². The van der Waals surface area contributed by atoms with Crippen molar-refractivity contribution in [2.24, 2.45) is 0 Å². The molecule has 22 heavy (non-hydrogen) atoms. The monoisotopic (exact) mass is 317 g/mol. The molecule has 114 valence electrons. The van der Waals surface area contributed by atoms with Crippen molar-refractivity contribution in [1.29, 1.82) is 0 Å². The van der Waals surface area contributed by atoms with Gasteiger partial charge in [-0.1, -0.05) is 24.6 Å². The van der Waals surface area contributed by atoms with Crippen LogP contribution in [0.25, 0.3) is 10.6 Å². The average Bonchev–Trinajstić information content (AvgIpc) is 3.25. The summed E-state index contributed by atoms with van der Waals surface area (Å²) in [6.07, 6.45) is 1.84. The topological polar surface area (TPSA) is 81.0 Å². The molecule has 6 nitrogen and oxygen atoms in total. The van der Waals surface area contributed by atoms with Crippen molar-refractivity contribution in [2.45, 2.75) is 26.4 Å². The molecule has 1 N–H and O–H groups in total. The van der Waals surface area contributed by atoms with Gasteiger partial charge in [-0.25, -0.2) is 4.79 Å². The summed E-state index contributed by atoms with van der Waals surface area (Å²) in [5.74, 6) is 0.199. The predicted molar refractivity (Wildman–Crippen MR) is 81.5 cm³/mol. The molecular weight excluding hydrogens is 302 g/mol. The van der Waals surface area contributed by atoms with Crippen LogP contribution in [0.1, 0.15) is 35.2 Å². The van der Waals surface area contributed by atoms with E-state index >= 15 is 0 Å². The maximum Gasteiger partial charge on any atom is 0.359 e. The molecular formula is C15H15N3O3S. The molecule has 0 spiro atoms. The molecule has 0 saturated heterocycles. The van der Waals surface area contributed by atoms with E-state index in [9.17, 15) is 4.79 Å². The molecule has 3 aromatic heterocycles. The zero-order valence-corrected chi connectivity index (χ0v) is 12.9. The second kappa shape index (κ2) is 6.57. The van der Waals surface area contributed by atoms with Crippen LogP contribution >= 0.6 is 11.3 Å². The van der Waals surface area contributed by atoms with Crippen molar-refractivity contribution in [3.63, 3.8) is 0 Å². The van der Waals surface area contributed by atoms with Gasteiger partial charge < -0.3 is 9.26 Å². The number of rotatable bonds is 6. The molecule has 0 unspecified atom stereocenters. The van der Waals surface area contributed by atoms with E-state index in [1.165, 1.54) is 0 Å². The summed E-state index contributed by atoms with van der Waals surface area (Å²) >= 11 is 1.56. The number of aryl methyl sites for hydroxylation is 1. The molecule has 0 atom stereocenters. The normalized spacial score (nSPS) is 10.8. The number of carbonyl (C=O) groups is 1. The number of H-pyrrole nitrogens is 1. The number of carbonyl (C=O) groups excluding carboxylic acids is 1. The summed E-state index contributed by atoms with van der Waals surface area (Å²) in [5, 5.41) is 12.6. The Balaban J connectivity index is 1.58. The summed E-state index contributed by atoms with van der Waals surface area (Å²) in [5.41, 5.74) is 1.78. The number of aromatic amines is 1. The largest absolute Gasteiger partial charge is 0.454 e. The number of nitrogens with one attached hydrogen (secondary N) is 1. The highest BCUT2D eigenvalue weighted by Crippen LogP contribution is 2.25. The highest BCUT2D eigenvalue weighted by atomic mass is 32.1. The number of hydrogen-bond donors (Lipinski definition) is 1. The maximum absolute atomic E-state index is 11.9. The smallest absolute Gasteiger partial charge is 0.359 e. The average molecular weight is 317 g/mol. The minimum atomic E-state index is -0.473. The number of thiophene rings is 1. The van der Waals surface area contributed by atoms with E-state index in [1.54, 1.807) is 23.5 Å². The van der Waals surface area contributed by atoms with E-state index in [1.807, 2.05) is 17.5 Å². The van der Waals surface area contributed by atoms with Crippen LogP contribution in [-0.4, -0.2) is 21.3 Å². The lowest BCUT2D eigenvalue weighted by atomic mass is 10.2. The van der Waals surface area contributed by atoms with Gasteiger partial charge in [-0.15, -0.1) is 11.3 Å². The third-order valence-corrected chi connectivity index (χ3v) is 3.92. The van der Waals surface area contributed by atoms with E-state index in [0.29, 0.717) is 11.5 Å². The summed E-state index contributed by atoms with van der Waals surface area (Å²) in [4.78, 5) is 12.9. The van der Waals surface area contributed by atoms with Crippen LogP contribution in [0.2, 0.25) is 0 Å². The molecule has 3 aromatic rings. The molecule has 7 heteroatoms. The van der Waals surface area contributed by atoms with Crippen molar-refractivity contribution >= 4 is 17.3 Å². The Bertz CT molecular complexity index is 746. The Morgan fingerprint density at radius 1 is 1.45 bits per heavy atom. The molecule has 0 bridgehead atoms. The van der Waals surface area contributed by atoms with Crippen LogP contribution in [0, 0.1) is 0 Å². The molecule has 0 aromatic carbocycles. The first-order valence-electron chi connectivity index (χ1n) is 6.97. The van der Waals surface area contributed by atoms with E-state index in [4.69, 9.17) is 9.26 Å². The second-order valence-corrected chi connectivity index (χ2v) is 5.71. The Kier molecular flexibility index (Phi) is 4.34. The highest BCUT2D eigenvalue weighted by molar-refractivity contribution is 7.13. The molecule has 0 saturated carbocycles. The van der Waals surface area contributed by atoms with Crippen LogP contribution in [0.5, 0.6) is 0 Å². The zero-order valence-electron chi connectivity index (χ0n) is 12.0. The summed E-state index contributed by atoms with van der Waals surface area (Å²) < 4.78 is 10.4. The van der Waals surface area contributed by atoms with Gasteiger partial charge in [0.25, 0.3) is 0 Å². The quantitative estimate of drug-likeness (QED) is 0.704. The molecule has 3 heterocycles. The van der Waals surface area contributed by atoms with E-state index in [0.717, 1.165) is 23.4 Å². The van der Waals surface area contributed by atoms with Crippen LogP contribution in [0.3, 0.4) is 0 Å². The summed E-state index contributed by atoms with van der Waals surface area (Å²) in [7, 11) is 0. The predicted octanol–water partition coefficient (Wildman–Crippen LogP) is 3.44. The second-order valence-electron chi connectivity index (χ2n) is 4.76. The van der Waals surface area contributed by atoms with Crippen molar-refractivity contribution in [2.75, 3.05) is 0 Å². The first-order chi connectivity index (χ1) is 10.8. The molecule has 0 aliphatic rings. The molecule has 0 aliphatic heterocycles. The third kappa shape index (κ3) is 3.25. The minimum Gasteiger partial charge on any atom is -0.454 e. The van der Waals surface area contributed by atoms with Crippen molar-refractivity contribution in [1.82, 2.24) is 15.4 Å².